The predicted molar refractivity (Wildman–Crippen MR) is 82.1 cm³/mol. The molecule has 1 atom stereocenters. The van der Waals surface area contributed by atoms with Gasteiger partial charge in [-0.1, -0.05) is 18.2 Å². The van der Waals surface area contributed by atoms with Gasteiger partial charge in [0.2, 0.25) is 0 Å². The molecule has 0 amide bonds. The van der Waals surface area contributed by atoms with Crippen molar-refractivity contribution in [3.8, 4) is 17.0 Å². The number of ether oxygens (including phenoxy) is 1. The molecular weight excluding hydrogens is 262 g/mol. The molecule has 104 valence electrons. The molecule has 0 radical (unpaired) electrons. The van der Waals surface area contributed by atoms with Crippen molar-refractivity contribution < 1.29 is 4.74 Å². The summed E-state index contributed by atoms with van der Waals surface area (Å²) in [4.78, 5) is 8.47. The third-order valence-electron chi connectivity index (χ3n) is 3.94. The first-order valence-electron chi connectivity index (χ1n) is 7.04. The van der Waals surface area contributed by atoms with Gasteiger partial charge in [0.25, 0.3) is 0 Å². The highest BCUT2D eigenvalue weighted by Crippen LogP contribution is 2.36. The molecule has 1 aliphatic heterocycles. The molecule has 3 aromatic rings. The number of aromatic nitrogens is 2. The van der Waals surface area contributed by atoms with Gasteiger partial charge in [0.1, 0.15) is 11.9 Å². The molecule has 0 spiro atoms. The molecule has 0 saturated heterocycles. The SMILES string of the molecule is NC[C@@H]1Cc2c(ccc3cc(-c4cnccn4)ccc23)O1. The first kappa shape index (κ1) is 12.3. The van der Waals surface area contributed by atoms with E-state index in [1.54, 1.807) is 18.6 Å². The second-order valence-corrected chi connectivity index (χ2v) is 5.25. The second-order valence-electron chi connectivity index (χ2n) is 5.25. The van der Waals surface area contributed by atoms with Crippen LogP contribution in [0.2, 0.25) is 0 Å². The number of rotatable bonds is 2. The van der Waals surface area contributed by atoms with Gasteiger partial charge in [0, 0.05) is 36.5 Å². The lowest BCUT2D eigenvalue weighted by Crippen LogP contribution is -2.24. The van der Waals surface area contributed by atoms with E-state index in [9.17, 15) is 0 Å². The Morgan fingerprint density at radius 1 is 1.19 bits per heavy atom. The summed E-state index contributed by atoms with van der Waals surface area (Å²) in [5.74, 6) is 0.963. The normalized spacial score (nSPS) is 16.7. The first-order chi connectivity index (χ1) is 10.3. The monoisotopic (exact) mass is 277 g/mol. The van der Waals surface area contributed by atoms with E-state index in [-0.39, 0.29) is 6.10 Å². The summed E-state index contributed by atoms with van der Waals surface area (Å²) in [5.41, 5.74) is 8.93. The Morgan fingerprint density at radius 3 is 2.95 bits per heavy atom. The van der Waals surface area contributed by atoms with E-state index in [1.807, 2.05) is 6.07 Å². The molecule has 0 unspecified atom stereocenters. The van der Waals surface area contributed by atoms with Crippen molar-refractivity contribution in [2.24, 2.45) is 5.73 Å². The molecule has 21 heavy (non-hydrogen) atoms. The van der Waals surface area contributed by atoms with Gasteiger partial charge in [-0.25, -0.2) is 0 Å². The van der Waals surface area contributed by atoms with Crippen LogP contribution < -0.4 is 10.5 Å². The third kappa shape index (κ3) is 2.04. The van der Waals surface area contributed by atoms with Crippen molar-refractivity contribution in [1.29, 1.82) is 0 Å². The zero-order valence-electron chi connectivity index (χ0n) is 11.5. The standard InChI is InChI=1S/C17H15N3O/c18-9-13-8-15-14-3-1-12(16-10-19-5-6-20-16)7-11(14)2-4-17(15)21-13/h1-7,10,13H,8-9,18H2/t13-/m0/s1. The number of nitrogens with zero attached hydrogens (tertiary/aromatic N) is 2. The van der Waals surface area contributed by atoms with E-state index in [1.165, 1.54) is 16.3 Å². The smallest absolute Gasteiger partial charge is 0.123 e. The maximum Gasteiger partial charge on any atom is 0.123 e. The van der Waals surface area contributed by atoms with Gasteiger partial charge in [-0.15, -0.1) is 0 Å². The summed E-state index contributed by atoms with van der Waals surface area (Å²) in [7, 11) is 0. The van der Waals surface area contributed by atoms with Gasteiger partial charge in [-0.3, -0.25) is 9.97 Å². The van der Waals surface area contributed by atoms with Crippen LogP contribution in [-0.4, -0.2) is 22.6 Å². The Balaban J connectivity index is 1.83. The largest absolute Gasteiger partial charge is 0.488 e. The van der Waals surface area contributed by atoms with Crippen LogP contribution in [0.1, 0.15) is 5.56 Å². The minimum atomic E-state index is 0.102. The van der Waals surface area contributed by atoms with Gasteiger partial charge in [0.15, 0.2) is 0 Å². The summed E-state index contributed by atoms with van der Waals surface area (Å²) >= 11 is 0. The van der Waals surface area contributed by atoms with Gasteiger partial charge in [0.05, 0.1) is 11.9 Å². The van der Waals surface area contributed by atoms with Crippen LogP contribution in [0.3, 0.4) is 0 Å². The number of fused-ring (bicyclic) bond motifs is 3. The molecule has 4 nitrogen and oxygen atoms in total. The van der Waals surface area contributed by atoms with Crippen molar-refractivity contribution in [2.75, 3.05) is 6.54 Å². The number of benzene rings is 2. The van der Waals surface area contributed by atoms with Gasteiger partial charge >= 0.3 is 0 Å². The van der Waals surface area contributed by atoms with Gasteiger partial charge in [-0.05, 0) is 22.9 Å². The fourth-order valence-corrected chi connectivity index (χ4v) is 2.88. The fourth-order valence-electron chi connectivity index (χ4n) is 2.88. The molecule has 0 bridgehead atoms. The van der Waals surface area contributed by atoms with Crippen molar-refractivity contribution in [1.82, 2.24) is 9.97 Å². The van der Waals surface area contributed by atoms with Crippen LogP contribution in [0, 0.1) is 0 Å². The Labute approximate surface area is 122 Å². The summed E-state index contributed by atoms with van der Waals surface area (Å²) in [6.07, 6.45) is 6.16. The van der Waals surface area contributed by atoms with Gasteiger partial charge < -0.3 is 10.5 Å². The van der Waals surface area contributed by atoms with Crippen LogP contribution in [-0.2, 0) is 6.42 Å². The zero-order valence-corrected chi connectivity index (χ0v) is 11.5. The summed E-state index contributed by atoms with van der Waals surface area (Å²) in [6, 6.07) is 10.5. The van der Waals surface area contributed by atoms with E-state index in [0.717, 1.165) is 23.4 Å². The lowest BCUT2D eigenvalue weighted by atomic mass is 9.98. The van der Waals surface area contributed by atoms with Crippen LogP contribution in [0.15, 0.2) is 48.9 Å². The van der Waals surface area contributed by atoms with E-state index >= 15 is 0 Å². The van der Waals surface area contributed by atoms with E-state index in [2.05, 4.69) is 34.2 Å². The molecule has 1 aromatic heterocycles. The van der Waals surface area contributed by atoms with Gasteiger partial charge in [-0.2, -0.15) is 0 Å². The Bertz CT molecular complexity index is 802. The molecule has 2 aromatic carbocycles. The van der Waals surface area contributed by atoms with Crippen molar-refractivity contribution in [3.05, 3.63) is 54.5 Å². The quantitative estimate of drug-likeness (QED) is 0.782. The van der Waals surface area contributed by atoms with E-state index in [0.29, 0.717) is 6.54 Å². The van der Waals surface area contributed by atoms with Crippen LogP contribution >= 0.6 is 0 Å². The highest BCUT2D eigenvalue weighted by molar-refractivity contribution is 5.91. The molecule has 2 N–H and O–H groups in total. The number of hydrogen-bond donors (Lipinski definition) is 1. The minimum absolute atomic E-state index is 0.102. The first-order valence-corrected chi connectivity index (χ1v) is 7.04. The highest BCUT2D eigenvalue weighted by atomic mass is 16.5. The summed E-state index contributed by atoms with van der Waals surface area (Å²) in [5, 5.41) is 2.43. The molecule has 1 aliphatic rings. The minimum Gasteiger partial charge on any atom is -0.488 e. The lowest BCUT2D eigenvalue weighted by Gasteiger charge is -2.07. The maximum atomic E-state index is 5.83. The zero-order chi connectivity index (χ0) is 14.2. The Hall–Kier alpha value is -2.46. The maximum absolute atomic E-state index is 5.83. The van der Waals surface area contributed by atoms with Crippen molar-refractivity contribution >= 4 is 10.8 Å². The molecule has 4 rings (SSSR count). The number of nitrogens with two attached hydrogens (primary N) is 1. The average Bonchev–Trinajstić information content (AvgIpc) is 2.99. The lowest BCUT2D eigenvalue weighted by molar-refractivity contribution is 0.241. The topological polar surface area (TPSA) is 61.0 Å². The van der Waals surface area contributed by atoms with Crippen LogP contribution in [0.25, 0.3) is 22.0 Å². The predicted octanol–water partition coefficient (Wildman–Crippen LogP) is 2.56. The molecule has 0 aliphatic carbocycles. The van der Waals surface area contributed by atoms with Crippen LogP contribution in [0.5, 0.6) is 5.75 Å². The molecular formula is C17H15N3O. The molecule has 4 heteroatoms. The third-order valence-corrected chi connectivity index (χ3v) is 3.94. The Morgan fingerprint density at radius 2 is 2.14 bits per heavy atom. The van der Waals surface area contributed by atoms with Crippen molar-refractivity contribution in [3.63, 3.8) is 0 Å². The molecule has 0 fully saturated rings. The molecule has 0 saturated carbocycles. The van der Waals surface area contributed by atoms with Crippen LogP contribution in [0.4, 0.5) is 0 Å². The fraction of sp³-hybridized carbons (Fsp3) is 0.176. The highest BCUT2D eigenvalue weighted by Gasteiger charge is 2.23. The Kier molecular flexibility index (Phi) is 2.82. The number of hydrogen-bond acceptors (Lipinski definition) is 4. The van der Waals surface area contributed by atoms with E-state index < -0.39 is 0 Å². The second kappa shape index (κ2) is 4.82. The van der Waals surface area contributed by atoms with Crippen molar-refractivity contribution in [2.45, 2.75) is 12.5 Å². The summed E-state index contributed by atoms with van der Waals surface area (Å²) < 4.78 is 5.83. The average molecular weight is 277 g/mol. The molecule has 2 heterocycles. The summed E-state index contributed by atoms with van der Waals surface area (Å²) in [6.45, 7) is 0.549. The van der Waals surface area contributed by atoms with E-state index in [4.69, 9.17) is 10.5 Å².